The largest absolute Gasteiger partial charge is 0.468 e. The molecule has 6 heteroatoms. The minimum absolute atomic E-state index is 0.361. The summed E-state index contributed by atoms with van der Waals surface area (Å²) in [4.78, 5) is 15.1. The van der Waals surface area contributed by atoms with Crippen molar-refractivity contribution in [2.75, 3.05) is 12.9 Å². The molecule has 0 bridgehead atoms. The number of hydrogen-bond donors (Lipinski definition) is 1. The summed E-state index contributed by atoms with van der Waals surface area (Å²) in [5, 5.41) is 0.491. The molecule has 1 atom stereocenters. The number of aromatic nitrogens is 1. The molecule has 0 aliphatic rings. The molecule has 0 saturated heterocycles. The van der Waals surface area contributed by atoms with Crippen LogP contribution in [-0.2, 0) is 9.53 Å². The Morgan fingerprint density at radius 2 is 2.57 bits per heavy atom. The third kappa shape index (κ3) is 2.74. The average molecular weight is 216 g/mol. The number of oxazole rings is 1. The van der Waals surface area contributed by atoms with Crippen LogP contribution in [0.2, 0.25) is 0 Å². The van der Waals surface area contributed by atoms with Gasteiger partial charge in [-0.1, -0.05) is 11.8 Å². The number of thioether (sulfide) groups is 1. The van der Waals surface area contributed by atoms with Crippen LogP contribution in [-0.4, -0.2) is 29.4 Å². The van der Waals surface area contributed by atoms with Crippen LogP contribution in [0.1, 0.15) is 6.92 Å². The second-order valence-corrected chi connectivity index (χ2v) is 3.92. The molecule has 1 heterocycles. The SMILES string of the molecule is COC(=O)C(C)(N)CSc1ncco1. The number of ether oxygens (including phenoxy) is 1. The fourth-order valence-electron chi connectivity index (χ4n) is 0.785. The second-order valence-electron chi connectivity index (χ2n) is 3.00. The van der Waals surface area contributed by atoms with Crippen LogP contribution >= 0.6 is 11.8 Å². The van der Waals surface area contributed by atoms with Gasteiger partial charge in [-0.25, -0.2) is 4.98 Å². The Bertz CT molecular complexity index is 298. The van der Waals surface area contributed by atoms with E-state index in [9.17, 15) is 4.79 Å². The van der Waals surface area contributed by atoms with E-state index < -0.39 is 11.5 Å². The number of carbonyl (C=O) groups is 1. The van der Waals surface area contributed by atoms with Crippen LogP contribution in [0, 0.1) is 0 Å². The predicted molar refractivity (Wildman–Crippen MR) is 51.8 cm³/mol. The fraction of sp³-hybridized carbons (Fsp3) is 0.500. The van der Waals surface area contributed by atoms with Crippen molar-refractivity contribution in [1.29, 1.82) is 0 Å². The minimum Gasteiger partial charge on any atom is -0.468 e. The van der Waals surface area contributed by atoms with E-state index in [-0.39, 0.29) is 0 Å². The first kappa shape index (κ1) is 11.1. The van der Waals surface area contributed by atoms with Crippen molar-refractivity contribution in [2.24, 2.45) is 5.73 Å². The van der Waals surface area contributed by atoms with Gasteiger partial charge < -0.3 is 14.9 Å². The molecule has 1 unspecified atom stereocenters. The van der Waals surface area contributed by atoms with Crippen molar-refractivity contribution in [3.8, 4) is 0 Å². The molecule has 0 fully saturated rings. The van der Waals surface area contributed by atoms with Crippen LogP contribution in [0.3, 0.4) is 0 Å². The van der Waals surface area contributed by atoms with Gasteiger partial charge in [0, 0.05) is 5.75 Å². The number of esters is 1. The zero-order valence-electron chi connectivity index (χ0n) is 8.02. The van der Waals surface area contributed by atoms with Gasteiger partial charge in [0.15, 0.2) is 0 Å². The van der Waals surface area contributed by atoms with Crippen LogP contribution in [0.5, 0.6) is 0 Å². The summed E-state index contributed by atoms with van der Waals surface area (Å²) in [5.41, 5.74) is 4.70. The van der Waals surface area contributed by atoms with E-state index in [2.05, 4.69) is 9.72 Å². The van der Waals surface area contributed by atoms with Gasteiger partial charge in [-0.15, -0.1) is 0 Å². The topological polar surface area (TPSA) is 78.4 Å². The van der Waals surface area contributed by atoms with Crippen molar-refractivity contribution >= 4 is 17.7 Å². The van der Waals surface area contributed by atoms with Crippen molar-refractivity contribution in [3.63, 3.8) is 0 Å². The third-order valence-corrected chi connectivity index (χ3v) is 2.75. The number of hydrogen-bond acceptors (Lipinski definition) is 6. The quantitative estimate of drug-likeness (QED) is 0.588. The van der Waals surface area contributed by atoms with E-state index in [0.717, 1.165) is 0 Å². The van der Waals surface area contributed by atoms with Gasteiger partial charge in [0.1, 0.15) is 11.8 Å². The third-order valence-electron chi connectivity index (χ3n) is 1.56. The molecule has 0 aliphatic heterocycles. The van der Waals surface area contributed by atoms with E-state index in [1.165, 1.54) is 31.3 Å². The first-order valence-corrected chi connectivity index (χ1v) is 4.94. The Balaban J connectivity index is 2.48. The van der Waals surface area contributed by atoms with E-state index in [1.807, 2.05) is 0 Å². The van der Waals surface area contributed by atoms with Crippen LogP contribution in [0.15, 0.2) is 22.1 Å². The molecule has 0 aliphatic carbocycles. The molecule has 78 valence electrons. The lowest BCUT2D eigenvalue weighted by molar-refractivity contribution is -0.145. The summed E-state index contributed by atoms with van der Waals surface area (Å²) in [7, 11) is 1.31. The summed E-state index contributed by atoms with van der Waals surface area (Å²) in [5.74, 6) is -0.0863. The Morgan fingerprint density at radius 3 is 3.07 bits per heavy atom. The molecule has 0 saturated carbocycles. The smallest absolute Gasteiger partial charge is 0.326 e. The number of carbonyl (C=O) groups excluding carboxylic acids is 1. The lowest BCUT2D eigenvalue weighted by Gasteiger charge is -2.19. The van der Waals surface area contributed by atoms with Gasteiger partial charge >= 0.3 is 5.97 Å². The van der Waals surface area contributed by atoms with Gasteiger partial charge in [0.25, 0.3) is 5.22 Å². The van der Waals surface area contributed by atoms with Gasteiger partial charge in [0.2, 0.25) is 0 Å². The standard InChI is InChI=1S/C8H12N2O3S/c1-8(9,6(11)12-2)5-14-7-10-3-4-13-7/h3-4H,5,9H2,1-2H3. The predicted octanol–water partition coefficient (Wildman–Crippen LogP) is 0.657. The van der Waals surface area contributed by atoms with Gasteiger partial charge in [-0.3, -0.25) is 4.79 Å². The summed E-state index contributed by atoms with van der Waals surface area (Å²) in [6, 6.07) is 0. The molecule has 0 aromatic carbocycles. The summed E-state index contributed by atoms with van der Waals surface area (Å²) < 4.78 is 9.54. The highest BCUT2D eigenvalue weighted by molar-refractivity contribution is 7.99. The first-order valence-electron chi connectivity index (χ1n) is 3.96. The molecule has 0 spiro atoms. The maximum absolute atomic E-state index is 11.2. The molecule has 1 aromatic heterocycles. The fourth-order valence-corrected chi connectivity index (χ4v) is 1.59. The van der Waals surface area contributed by atoms with Gasteiger partial charge in [0.05, 0.1) is 13.3 Å². The monoisotopic (exact) mass is 216 g/mol. The van der Waals surface area contributed by atoms with Gasteiger partial charge in [-0.2, -0.15) is 0 Å². The lowest BCUT2D eigenvalue weighted by Crippen LogP contribution is -2.48. The molecule has 5 nitrogen and oxygen atoms in total. The molecule has 1 aromatic rings. The summed E-state index contributed by atoms with van der Waals surface area (Å²) in [6.45, 7) is 1.61. The molecule has 0 radical (unpaired) electrons. The van der Waals surface area contributed by atoms with E-state index in [4.69, 9.17) is 10.2 Å². The van der Waals surface area contributed by atoms with E-state index in [1.54, 1.807) is 6.92 Å². The van der Waals surface area contributed by atoms with Crippen molar-refractivity contribution < 1.29 is 13.9 Å². The zero-order valence-corrected chi connectivity index (χ0v) is 8.84. The maximum atomic E-state index is 11.2. The van der Waals surface area contributed by atoms with Crippen LogP contribution < -0.4 is 5.73 Å². The maximum Gasteiger partial charge on any atom is 0.326 e. The normalized spacial score (nSPS) is 14.8. The summed E-state index contributed by atoms with van der Waals surface area (Å²) >= 11 is 1.27. The van der Waals surface area contributed by atoms with E-state index >= 15 is 0 Å². The minimum atomic E-state index is -1.02. The molecule has 1 rings (SSSR count). The number of methoxy groups -OCH3 is 1. The number of rotatable bonds is 4. The lowest BCUT2D eigenvalue weighted by atomic mass is 10.1. The van der Waals surface area contributed by atoms with Crippen LogP contribution in [0.25, 0.3) is 0 Å². The number of nitrogens with two attached hydrogens (primary N) is 1. The van der Waals surface area contributed by atoms with Crippen LogP contribution in [0.4, 0.5) is 0 Å². The second kappa shape index (κ2) is 4.47. The molecule has 0 amide bonds. The van der Waals surface area contributed by atoms with E-state index in [0.29, 0.717) is 11.0 Å². The Hall–Kier alpha value is -1.01. The van der Waals surface area contributed by atoms with Crippen molar-refractivity contribution in [2.45, 2.75) is 17.7 Å². The van der Waals surface area contributed by atoms with Crippen molar-refractivity contribution in [3.05, 3.63) is 12.5 Å². The average Bonchev–Trinajstić information content (AvgIpc) is 2.66. The van der Waals surface area contributed by atoms with Gasteiger partial charge in [-0.05, 0) is 6.92 Å². The highest BCUT2D eigenvalue weighted by atomic mass is 32.2. The Morgan fingerprint density at radius 1 is 1.86 bits per heavy atom. The molecule has 14 heavy (non-hydrogen) atoms. The molecular formula is C8H12N2O3S. The first-order chi connectivity index (χ1) is 6.56. The van der Waals surface area contributed by atoms with Crippen molar-refractivity contribution in [1.82, 2.24) is 4.98 Å². The number of nitrogens with zero attached hydrogens (tertiary/aromatic N) is 1. The Kier molecular flexibility index (Phi) is 3.54. The molecule has 2 N–H and O–H groups in total. The highest BCUT2D eigenvalue weighted by Gasteiger charge is 2.30. The Labute approximate surface area is 86.0 Å². The summed E-state index contributed by atoms with van der Waals surface area (Å²) in [6.07, 6.45) is 3.00. The zero-order chi connectivity index (χ0) is 10.6. The molecular weight excluding hydrogens is 204 g/mol. The highest BCUT2D eigenvalue weighted by Crippen LogP contribution is 2.20.